The lowest BCUT2D eigenvalue weighted by atomic mass is 9.98. The van der Waals surface area contributed by atoms with E-state index < -0.39 is 15.8 Å². The zero-order valence-corrected chi connectivity index (χ0v) is 23.0. The number of hydrogen-bond acceptors (Lipinski definition) is 5. The van der Waals surface area contributed by atoms with Crippen molar-refractivity contribution >= 4 is 32.6 Å². The van der Waals surface area contributed by atoms with Gasteiger partial charge < -0.3 is 14.5 Å². The molecule has 9 heteroatoms. The van der Waals surface area contributed by atoms with Crippen LogP contribution in [0.3, 0.4) is 0 Å². The van der Waals surface area contributed by atoms with Gasteiger partial charge in [0.05, 0.1) is 31.2 Å². The highest BCUT2D eigenvalue weighted by atomic mass is 32.2. The molecule has 0 aliphatic heterocycles. The summed E-state index contributed by atoms with van der Waals surface area (Å²) in [4.78, 5) is 13.1. The largest absolute Gasteiger partial charge is 0.497 e. The summed E-state index contributed by atoms with van der Waals surface area (Å²) in [6.45, 7) is 0.0369. The minimum atomic E-state index is -3.79. The lowest BCUT2D eigenvalue weighted by Crippen LogP contribution is -2.29. The van der Waals surface area contributed by atoms with Gasteiger partial charge in [-0.15, -0.1) is 0 Å². The molecule has 4 aromatic carbocycles. The Hall–Kier alpha value is -4.63. The van der Waals surface area contributed by atoms with Crippen LogP contribution >= 0.6 is 0 Å². The Morgan fingerprint density at radius 2 is 1.68 bits per heavy atom. The molecule has 0 bridgehead atoms. The average molecular weight is 559 g/mol. The Bertz CT molecular complexity index is 1800. The highest BCUT2D eigenvalue weighted by molar-refractivity contribution is 7.92. The Balaban J connectivity index is 1.79. The van der Waals surface area contributed by atoms with E-state index in [9.17, 15) is 17.6 Å². The van der Waals surface area contributed by atoms with Gasteiger partial charge in [0.15, 0.2) is 0 Å². The van der Waals surface area contributed by atoms with Gasteiger partial charge in [0, 0.05) is 29.6 Å². The molecular weight excluding hydrogens is 531 g/mol. The van der Waals surface area contributed by atoms with Gasteiger partial charge in [-0.2, -0.15) is 0 Å². The quantitative estimate of drug-likeness (QED) is 0.244. The van der Waals surface area contributed by atoms with Crippen LogP contribution in [0.15, 0.2) is 95.4 Å². The zero-order valence-electron chi connectivity index (χ0n) is 22.1. The molecule has 0 aliphatic carbocycles. The molecule has 204 valence electrons. The molecule has 1 heterocycles. The van der Waals surface area contributed by atoms with Crippen molar-refractivity contribution in [3.63, 3.8) is 0 Å². The van der Waals surface area contributed by atoms with Crippen LogP contribution in [-0.2, 0) is 16.6 Å². The lowest BCUT2D eigenvalue weighted by Gasteiger charge is -2.25. The second-order valence-corrected chi connectivity index (χ2v) is 11.2. The number of anilines is 1. The Labute approximate surface area is 231 Å². The monoisotopic (exact) mass is 558 g/mol. The molecule has 0 unspecified atom stereocenters. The van der Waals surface area contributed by atoms with Crippen molar-refractivity contribution in [2.75, 3.05) is 24.7 Å². The van der Waals surface area contributed by atoms with Crippen LogP contribution in [0.5, 0.6) is 5.75 Å². The van der Waals surface area contributed by atoms with Gasteiger partial charge in [0.2, 0.25) is 10.0 Å². The molecule has 0 spiro atoms. The van der Waals surface area contributed by atoms with Crippen molar-refractivity contribution < 1.29 is 26.8 Å². The fraction of sp³-hybridized carbons (Fsp3) is 0.129. The molecule has 1 amide bonds. The molecular formula is C31H27FN2O5S. The third kappa shape index (κ3) is 5.28. The smallest absolute Gasteiger partial charge is 0.255 e. The predicted octanol–water partition coefficient (Wildman–Crippen LogP) is 6.24. The number of amides is 1. The topological polar surface area (TPSA) is 88.8 Å². The summed E-state index contributed by atoms with van der Waals surface area (Å²) in [5, 5.41) is 3.15. The normalized spacial score (nSPS) is 11.4. The second-order valence-electron chi connectivity index (χ2n) is 9.24. The van der Waals surface area contributed by atoms with Gasteiger partial charge in [-0.3, -0.25) is 9.10 Å². The number of methoxy groups -OCH3 is 1. The van der Waals surface area contributed by atoms with Crippen LogP contribution in [-0.4, -0.2) is 34.7 Å². The molecule has 0 saturated carbocycles. The van der Waals surface area contributed by atoms with Crippen LogP contribution < -0.4 is 14.4 Å². The summed E-state index contributed by atoms with van der Waals surface area (Å²) < 4.78 is 53.0. The van der Waals surface area contributed by atoms with E-state index in [1.165, 1.54) is 35.6 Å². The van der Waals surface area contributed by atoms with E-state index in [2.05, 4.69) is 5.32 Å². The number of sulfonamides is 1. The first-order valence-electron chi connectivity index (χ1n) is 12.4. The number of halogens is 1. The van der Waals surface area contributed by atoms with E-state index in [0.29, 0.717) is 33.5 Å². The summed E-state index contributed by atoms with van der Waals surface area (Å²) in [6, 6.07) is 25.6. The zero-order chi connectivity index (χ0) is 28.4. The van der Waals surface area contributed by atoms with Crippen molar-refractivity contribution in [1.82, 2.24) is 5.32 Å². The number of hydrogen-bond donors (Lipinski definition) is 1. The number of carbonyl (C=O) groups is 1. The number of rotatable bonds is 8. The van der Waals surface area contributed by atoms with Crippen molar-refractivity contribution in [2.24, 2.45) is 0 Å². The molecule has 0 radical (unpaired) electrons. The van der Waals surface area contributed by atoms with Crippen molar-refractivity contribution in [2.45, 2.75) is 6.54 Å². The SMILES string of the molecule is CNC(=O)c1c(-c2ccc(F)cc2)oc2cc(N(Cc3cccc(OC)c3)S(C)(=O)=O)c(-c3ccccc3)cc12. The fourth-order valence-corrected chi connectivity index (χ4v) is 5.55. The highest BCUT2D eigenvalue weighted by Gasteiger charge is 2.27. The van der Waals surface area contributed by atoms with Crippen LogP contribution in [0.25, 0.3) is 33.4 Å². The third-order valence-electron chi connectivity index (χ3n) is 6.58. The van der Waals surface area contributed by atoms with Gasteiger partial charge in [-0.1, -0.05) is 42.5 Å². The van der Waals surface area contributed by atoms with Gasteiger partial charge in [0.25, 0.3) is 5.91 Å². The van der Waals surface area contributed by atoms with Crippen molar-refractivity contribution in [1.29, 1.82) is 0 Å². The first-order valence-corrected chi connectivity index (χ1v) is 14.3. The van der Waals surface area contributed by atoms with Crippen molar-refractivity contribution in [3.05, 3.63) is 108 Å². The lowest BCUT2D eigenvalue weighted by molar-refractivity contribution is 0.0964. The number of ether oxygens (including phenoxy) is 1. The molecule has 40 heavy (non-hydrogen) atoms. The summed E-state index contributed by atoms with van der Waals surface area (Å²) in [7, 11) is -0.721. The molecule has 1 N–H and O–H groups in total. The predicted molar refractivity (Wildman–Crippen MR) is 154 cm³/mol. The molecule has 7 nitrogen and oxygen atoms in total. The molecule has 0 aliphatic rings. The molecule has 5 rings (SSSR count). The van der Waals surface area contributed by atoms with E-state index in [4.69, 9.17) is 9.15 Å². The minimum Gasteiger partial charge on any atom is -0.497 e. The molecule has 5 aromatic rings. The number of benzene rings is 4. The van der Waals surface area contributed by atoms with E-state index in [0.717, 1.165) is 17.4 Å². The van der Waals surface area contributed by atoms with Gasteiger partial charge >= 0.3 is 0 Å². The number of nitrogens with zero attached hydrogens (tertiary/aromatic N) is 1. The summed E-state index contributed by atoms with van der Waals surface area (Å²) in [5.41, 5.74) is 3.55. The molecule has 1 aromatic heterocycles. The number of nitrogens with one attached hydrogen (secondary N) is 1. The fourth-order valence-electron chi connectivity index (χ4n) is 4.66. The third-order valence-corrected chi connectivity index (χ3v) is 7.71. The first kappa shape index (κ1) is 27.0. The molecule has 0 fully saturated rings. The van der Waals surface area contributed by atoms with Gasteiger partial charge in [-0.05, 0) is 53.6 Å². The van der Waals surface area contributed by atoms with Crippen LogP contribution in [0.1, 0.15) is 15.9 Å². The maximum Gasteiger partial charge on any atom is 0.255 e. The van der Waals surface area contributed by atoms with Crippen LogP contribution in [0, 0.1) is 5.82 Å². The summed E-state index contributed by atoms with van der Waals surface area (Å²) >= 11 is 0. The maximum atomic E-state index is 13.7. The minimum absolute atomic E-state index is 0.0369. The summed E-state index contributed by atoms with van der Waals surface area (Å²) in [6.07, 6.45) is 1.15. The Morgan fingerprint density at radius 3 is 2.33 bits per heavy atom. The van der Waals surface area contributed by atoms with Crippen LogP contribution in [0.4, 0.5) is 10.1 Å². The number of carbonyl (C=O) groups excluding carboxylic acids is 1. The standard InChI is InChI=1S/C31H27FN2O5S/c1-33-31(35)29-26-17-25(21-9-5-4-6-10-21)27(18-28(26)39-30(29)22-12-14-23(32)15-13-22)34(40(3,36)37)19-20-8-7-11-24(16-20)38-2/h4-18H,19H2,1-3H3,(H,33,35). The number of fused-ring (bicyclic) bond motifs is 1. The molecule has 0 saturated heterocycles. The van der Waals surface area contributed by atoms with Gasteiger partial charge in [-0.25, -0.2) is 12.8 Å². The van der Waals surface area contributed by atoms with E-state index in [1.54, 1.807) is 37.4 Å². The van der Waals surface area contributed by atoms with E-state index in [-0.39, 0.29) is 23.8 Å². The van der Waals surface area contributed by atoms with E-state index >= 15 is 0 Å². The maximum absolute atomic E-state index is 13.7. The Morgan fingerprint density at radius 1 is 0.950 bits per heavy atom. The summed E-state index contributed by atoms with van der Waals surface area (Å²) in [5.74, 6) is 0.0524. The highest BCUT2D eigenvalue weighted by Crippen LogP contribution is 2.42. The van der Waals surface area contributed by atoms with Crippen LogP contribution in [0.2, 0.25) is 0 Å². The number of furan rings is 1. The van der Waals surface area contributed by atoms with Crippen molar-refractivity contribution in [3.8, 4) is 28.2 Å². The Kier molecular flexibility index (Phi) is 7.32. The average Bonchev–Trinajstić information content (AvgIpc) is 3.33. The second kappa shape index (κ2) is 10.9. The molecule has 0 atom stereocenters. The first-order chi connectivity index (χ1) is 19.2. The van der Waals surface area contributed by atoms with Gasteiger partial charge in [0.1, 0.15) is 22.9 Å². The van der Waals surface area contributed by atoms with E-state index in [1.807, 2.05) is 36.4 Å².